The molecule has 2 amide bonds. The Hall–Kier alpha value is -2.94. The molecule has 1 aliphatic heterocycles. The molecule has 0 spiro atoms. The fraction of sp³-hybridized carbons (Fsp3) is 0.222. The summed E-state index contributed by atoms with van der Waals surface area (Å²) in [6.45, 7) is 0.0489. The quantitative estimate of drug-likeness (QED) is 0.817. The Morgan fingerprint density at radius 2 is 1.74 bits per heavy atom. The fourth-order valence-corrected chi connectivity index (χ4v) is 3.48. The van der Waals surface area contributed by atoms with Crippen molar-refractivity contribution >= 4 is 38.9 Å². The first-order valence-corrected chi connectivity index (χ1v) is 10.1. The molecular formula is C18H18FN3O4S. The lowest BCUT2D eigenvalue weighted by atomic mass is 10.1. The van der Waals surface area contributed by atoms with E-state index < -0.39 is 27.7 Å². The molecule has 1 heterocycles. The number of hydrogen-bond donors (Lipinski definition) is 2. The molecule has 0 radical (unpaired) electrons. The van der Waals surface area contributed by atoms with Gasteiger partial charge in [-0.2, -0.15) is 0 Å². The maximum atomic E-state index is 13.9. The number of anilines is 3. The zero-order valence-electron chi connectivity index (χ0n) is 14.5. The average Bonchev–Trinajstić information content (AvgIpc) is 2.97. The molecule has 7 nitrogen and oxygen atoms in total. The number of sulfonamides is 1. The van der Waals surface area contributed by atoms with Crippen molar-refractivity contribution in [2.24, 2.45) is 5.92 Å². The van der Waals surface area contributed by atoms with Crippen molar-refractivity contribution < 1.29 is 22.4 Å². The van der Waals surface area contributed by atoms with Gasteiger partial charge in [0.2, 0.25) is 21.8 Å². The molecule has 0 aromatic heterocycles. The fourth-order valence-electron chi connectivity index (χ4n) is 2.90. The molecule has 0 unspecified atom stereocenters. The Morgan fingerprint density at radius 3 is 2.41 bits per heavy atom. The van der Waals surface area contributed by atoms with Gasteiger partial charge >= 0.3 is 0 Å². The molecule has 2 N–H and O–H groups in total. The highest BCUT2D eigenvalue weighted by atomic mass is 32.2. The van der Waals surface area contributed by atoms with Crippen molar-refractivity contribution in [2.75, 3.05) is 27.7 Å². The van der Waals surface area contributed by atoms with E-state index in [1.807, 2.05) is 0 Å². The zero-order valence-corrected chi connectivity index (χ0v) is 15.3. The summed E-state index contributed by atoms with van der Waals surface area (Å²) in [6, 6.07) is 12.2. The molecule has 1 fully saturated rings. The summed E-state index contributed by atoms with van der Waals surface area (Å²) in [5, 5.41) is 2.64. The number of nitrogens with zero attached hydrogens (tertiary/aromatic N) is 1. The summed E-state index contributed by atoms with van der Waals surface area (Å²) in [6.07, 6.45) is 0.954. The Labute approximate surface area is 156 Å². The van der Waals surface area contributed by atoms with E-state index in [1.165, 1.54) is 29.2 Å². The van der Waals surface area contributed by atoms with Crippen LogP contribution in [-0.4, -0.2) is 33.0 Å². The summed E-state index contributed by atoms with van der Waals surface area (Å²) in [5.41, 5.74) is 0.644. The Bertz CT molecular complexity index is 994. The van der Waals surface area contributed by atoms with Crippen molar-refractivity contribution in [3.05, 3.63) is 54.3 Å². The number of nitrogens with one attached hydrogen (secondary N) is 2. The van der Waals surface area contributed by atoms with Crippen LogP contribution in [0.2, 0.25) is 0 Å². The van der Waals surface area contributed by atoms with Crippen molar-refractivity contribution in [3.8, 4) is 0 Å². The van der Waals surface area contributed by atoms with Crippen molar-refractivity contribution in [1.82, 2.24) is 0 Å². The van der Waals surface area contributed by atoms with Crippen molar-refractivity contribution in [1.29, 1.82) is 0 Å². The van der Waals surface area contributed by atoms with Crippen LogP contribution in [0.1, 0.15) is 6.42 Å². The molecule has 2 aromatic carbocycles. The number of benzene rings is 2. The second-order valence-corrected chi connectivity index (χ2v) is 8.01. The third-order valence-corrected chi connectivity index (χ3v) is 4.71. The molecule has 27 heavy (non-hydrogen) atoms. The molecule has 9 heteroatoms. The van der Waals surface area contributed by atoms with Crippen LogP contribution in [-0.2, 0) is 19.6 Å². The molecule has 142 valence electrons. The highest BCUT2D eigenvalue weighted by Crippen LogP contribution is 2.29. The molecule has 0 bridgehead atoms. The van der Waals surface area contributed by atoms with Gasteiger partial charge in [0.1, 0.15) is 5.82 Å². The minimum Gasteiger partial charge on any atom is -0.324 e. The van der Waals surface area contributed by atoms with Crippen molar-refractivity contribution in [2.45, 2.75) is 6.42 Å². The average molecular weight is 391 g/mol. The third kappa shape index (κ3) is 4.43. The third-order valence-electron chi connectivity index (χ3n) is 4.12. The number of carbonyl (C=O) groups excluding carboxylic acids is 2. The van der Waals surface area contributed by atoms with E-state index in [1.54, 1.807) is 24.3 Å². The summed E-state index contributed by atoms with van der Waals surface area (Å²) < 4.78 is 39.2. The van der Waals surface area contributed by atoms with Gasteiger partial charge in [-0.15, -0.1) is 0 Å². The normalized spacial score (nSPS) is 17.0. The summed E-state index contributed by atoms with van der Waals surface area (Å²) in [5.74, 6) is -1.99. The highest BCUT2D eigenvalue weighted by Gasteiger charge is 2.36. The molecule has 0 saturated carbocycles. The summed E-state index contributed by atoms with van der Waals surface area (Å²) >= 11 is 0. The summed E-state index contributed by atoms with van der Waals surface area (Å²) in [7, 11) is -3.52. The minimum absolute atomic E-state index is 0.0489. The first-order chi connectivity index (χ1) is 12.7. The van der Waals surface area contributed by atoms with Crippen LogP contribution in [0.4, 0.5) is 21.5 Å². The largest absolute Gasteiger partial charge is 0.324 e. The summed E-state index contributed by atoms with van der Waals surface area (Å²) in [4.78, 5) is 26.1. The molecule has 2 aromatic rings. The van der Waals surface area contributed by atoms with Gasteiger partial charge in [-0.05, 0) is 24.3 Å². The molecule has 0 aliphatic carbocycles. The van der Waals surface area contributed by atoms with E-state index >= 15 is 0 Å². The van der Waals surface area contributed by atoms with Crippen LogP contribution in [0.25, 0.3) is 0 Å². The van der Waals surface area contributed by atoms with E-state index in [0.29, 0.717) is 0 Å². The first kappa shape index (κ1) is 18.8. The Kier molecular flexibility index (Phi) is 5.13. The van der Waals surface area contributed by atoms with E-state index in [2.05, 4.69) is 10.0 Å². The Balaban J connectivity index is 1.75. The number of rotatable bonds is 5. The standard InChI is InChI=1S/C18H18FN3O4S/c1-27(25,26)21-15-8-4-3-7-14(15)20-18(24)12-10-17(23)22(11-12)16-9-5-2-6-13(16)19/h2-9,12,21H,10-11H2,1H3,(H,20,24)/t12-/m1/s1. The maximum Gasteiger partial charge on any atom is 0.229 e. The van der Waals surface area contributed by atoms with Gasteiger partial charge in [0.15, 0.2) is 0 Å². The number of carbonyl (C=O) groups is 2. The topological polar surface area (TPSA) is 95.6 Å². The molecular weight excluding hydrogens is 373 g/mol. The molecule has 1 saturated heterocycles. The van der Waals surface area contributed by atoms with E-state index in [9.17, 15) is 22.4 Å². The molecule has 1 atom stereocenters. The van der Waals surface area contributed by atoms with Crippen LogP contribution < -0.4 is 14.9 Å². The van der Waals surface area contributed by atoms with Crippen LogP contribution >= 0.6 is 0 Å². The van der Waals surface area contributed by atoms with Gasteiger partial charge in [-0.3, -0.25) is 14.3 Å². The van der Waals surface area contributed by atoms with Crippen LogP contribution in [0.5, 0.6) is 0 Å². The smallest absolute Gasteiger partial charge is 0.229 e. The lowest BCUT2D eigenvalue weighted by Crippen LogP contribution is -2.29. The second kappa shape index (κ2) is 7.36. The highest BCUT2D eigenvalue weighted by molar-refractivity contribution is 7.92. The van der Waals surface area contributed by atoms with E-state index in [0.717, 1.165) is 6.26 Å². The molecule has 3 rings (SSSR count). The van der Waals surface area contributed by atoms with Crippen LogP contribution in [0, 0.1) is 11.7 Å². The number of hydrogen-bond acceptors (Lipinski definition) is 4. The van der Waals surface area contributed by atoms with E-state index in [4.69, 9.17) is 0 Å². The van der Waals surface area contributed by atoms with Crippen LogP contribution in [0.3, 0.4) is 0 Å². The van der Waals surface area contributed by atoms with Gasteiger partial charge in [-0.25, -0.2) is 12.8 Å². The second-order valence-electron chi connectivity index (χ2n) is 6.27. The number of amides is 2. The van der Waals surface area contributed by atoms with Gasteiger partial charge in [0, 0.05) is 13.0 Å². The Morgan fingerprint density at radius 1 is 1.11 bits per heavy atom. The minimum atomic E-state index is -3.52. The van der Waals surface area contributed by atoms with Crippen LogP contribution in [0.15, 0.2) is 48.5 Å². The number of para-hydroxylation sites is 3. The zero-order chi connectivity index (χ0) is 19.6. The predicted molar refractivity (Wildman–Crippen MR) is 100 cm³/mol. The van der Waals surface area contributed by atoms with E-state index in [-0.39, 0.29) is 35.9 Å². The monoisotopic (exact) mass is 391 g/mol. The van der Waals surface area contributed by atoms with Gasteiger partial charge in [-0.1, -0.05) is 24.3 Å². The SMILES string of the molecule is CS(=O)(=O)Nc1ccccc1NC(=O)[C@@H]1CC(=O)N(c2ccccc2F)C1. The predicted octanol–water partition coefficient (Wildman–Crippen LogP) is 2.19. The number of halogens is 1. The van der Waals surface area contributed by atoms with Gasteiger partial charge in [0.25, 0.3) is 0 Å². The lowest BCUT2D eigenvalue weighted by Gasteiger charge is -2.18. The lowest BCUT2D eigenvalue weighted by molar-refractivity contribution is -0.122. The van der Waals surface area contributed by atoms with Gasteiger partial charge in [0.05, 0.1) is 29.2 Å². The van der Waals surface area contributed by atoms with Gasteiger partial charge < -0.3 is 10.2 Å². The maximum absolute atomic E-state index is 13.9. The first-order valence-electron chi connectivity index (χ1n) is 8.17. The van der Waals surface area contributed by atoms with Crippen molar-refractivity contribution in [3.63, 3.8) is 0 Å². The molecule has 1 aliphatic rings.